The van der Waals surface area contributed by atoms with E-state index in [-0.39, 0.29) is 0 Å². The highest BCUT2D eigenvalue weighted by Gasteiger charge is 2.25. The first-order valence-corrected chi connectivity index (χ1v) is 10.9. The lowest BCUT2D eigenvalue weighted by molar-refractivity contribution is 0.0912. The van der Waals surface area contributed by atoms with Crippen molar-refractivity contribution in [1.29, 1.82) is 0 Å². The molecule has 1 aromatic carbocycles. The number of likely N-dealkylation sites (N-methyl/N-ethyl adjacent to an activating group) is 1. The average molecular weight is 370 g/mol. The van der Waals surface area contributed by atoms with Crippen LogP contribution in [0.5, 0.6) is 0 Å². The van der Waals surface area contributed by atoms with Crippen LogP contribution in [0.1, 0.15) is 41.3 Å². The van der Waals surface area contributed by atoms with Gasteiger partial charge in [0.15, 0.2) is 0 Å². The van der Waals surface area contributed by atoms with Gasteiger partial charge in [0.25, 0.3) is 0 Å². The maximum Gasteiger partial charge on any atom is 0.0472 e. The van der Waals surface area contributed by atoms with Gasteiger partial charge >= 0.3 is 0 Å². The second kappa shape index (κ2) is 8.66. The third-order valence-electron chi connectivity index (χ3n) is 5.86. The fourth-order valence-electron chi connectivity index (χ4n) is 4.30. The molecule has 140 valence electrons. The minimum absolute atomic E-state index is 0.512. The summed E-state index contributed by atoms with van der Waals surface area (Å²) in [6.07, 6.45) is 4.16. The summed E-state index contributed by atoms with van der Waals surface area (Å²) in [6.45, 7) is 8.24. The quantitative estimate of drug-likeness (QED) is 0.781. The van der Waals surface area contributed by atoms with Crippen LogP contribution in [0.25, 0.3) is 0 Å². The number of hydrogen-bond donors (Lipinski definition) is 0. The highest BCUT2D eigenvalue weighted by molar-refractivity contribution is 7.10. The lowest BCUT2D eigenvalue weighted by Crippen LogP contribution is -2.46. The Morgan fingerprint density at radius 2 is 1.73 bits per heavy atom. The highest BCUT2D eigenvalue weighted by atomic mass is 32.1. The molecule has 4 rings (SSSR count). The number of benzene rings is 1. The van der Waals surface area contributed by atoms with Crippen molar-refractivity contribution in [2.75, 3.05) is 39.8 Å². The molecule has 0 N–H and O–H groups in total. The zero-order valence-electron chi connectivity index (χ0n) is 15.9. The largest absolute Gasteiger partial charge is 0.299 e. The van der Waals surface area contributed by atoms with E-state index in [0.29, 0.717) is 6.04 Å². The Labute approximate surface area is 162 Å². The zero-order chi connectivity index (χ0) is 17.8. The van der Waals surface area contributed by atoms with E-state index in [0.717, 1.165) is 26.2 Å². The van der Waals surface area contributed by atoms with Crippen molar-refractivity contribution in [3.63, 3.8) is 0 Å². The van der Waals surface area contributed by atoms with E-state index in [1.54, 1.807) is 0 Å². The molecule has 1 aromatic heterocycles. The molecule has 3 nitrogen and oxygen atoms in total. The van der Waals surface area contributed by atoms with E-state index in [1.807, 2.05) is 11.3 Å². The molecular formula is C22H31N3S. The van der Waals surface area contributed by atoms with E-state index in [2.05, 4.69) is 63.5 Å². The lowest BCUT2D eigenvalue weighted by atomic mass is 10.0. The van der Waals surface area contributed by atoms with Crippen molar-refractivity contribution in [3.05, 3.63) is 57.8 Å². The summed E-state index contributed by atoms with van der Waals surface area (Å²) in [5, 5.41) is 2.38. The molecule has 2 aliphatic heterocycles. The van der Waals surface area contributed by atoms with E-state index in [9.17, 15) is 0 Å². The number of nitrogens with zero attached hydrogens (tertiary/aromatic N) is 3. The van der Waals surface area contributed by atoms with Crippen LogP contribution in [0, 0.1) is 0 Å². The van der Waals surface area contributed by atoms with Gasteiger partial charge in [-0.2, -0.15) is 0 Å². The van der Waals surface area contributed by atoms with Crippen LogP contribution >= 0.6 is 11.3 Å². The molecular weight excluding hydrogens is 338 g/mol. The first-order valence-electron chi connectivity index (χ1n) is 10.0. The first kappa shape index (κ1) is 18.2. The van der Waals surface area contributed by atoms with Crippen LogP contribution in [-0.2, 0) is 13.1 Å². The average Bonchev–Trinajstić information content (AvgIpc) is 3.11. The van der Waals surface area contributed by atoms with Gasteiger partial charge in [-0.15, -0.1) is 11.3 Å². The summed E-state index contributed by atoms with van der Waals surface area (Å²) in [5.74, 6) is 0. The molecule has 0 aliphatic carbocycles. The smallest absolute Gasteiger partial charge is 0.0472 e. The van der Waals surface area contributed by atoms with Gasteiger partial charge in [0.1, 0.15) is 0 Å². The standard InChI is InChI=1S/C22H31N3S/c1-23-12-13-25(17-22(23)20-8-4-2-5-9-20)16-21-14-19(18-26-21)15-24-10-6-3-7-11-24/h2,4-5,8-9,14,18,22H,3,6-7,10-13,15-17H2,1H3/t22-/m1/s1. The van der Waals surface area contributed by atoms with E-state index >= 15 is 0 Å². The van der Waals surface area contributed by atoms with Crippen LogP contribution in [0.15, 0.2) is 41.8 Å². The number of piperazine rings is 1. The molecule has 0 saturated carbocycles. The van der Waals surface area contributed by atoms with Crippen molar-refractivity contribution in [1.82, 2.24) is 14.7 Å². The second-order valence-electron chi connectivity index (χ2n) is 7.90. The van der Waals surface area contributed by atoms with Gasteiger partial charge in [-0.3, -0.25) is 14.7 Å². The zero-order valence-corrected chi connectivity index (χ0v) is 16.8. The van der Waals surface area contributed by atoms with Crippen LogP contribution in [0.4, 0.5) is 0 Å². The Morgan fingerprint density at radius 3 is 2.54 bits per heavy atom. The highest BCUT2D eigenvalue weighted by Crippen LogP contribution is 2.26. The minimum Gasteiger partial charge on any atom is -0.299 e. The molecule has 0 radical (unpaired) electrons. The summed E-state index contributed by atoms with van der Waals surface area (Å²) in [4.78, 5) is 9.28. The Kier molecular flexibility index (Phi) is 6.05. The number of piperidine rings is 1. The Hall–Kier alpha value is -1.20. The second-order valence-corrected chi connectivity index (χ2v) is 8.90. The Morgan fingerprint density at radius 1 is 0.923 bits per heavy atom. The van der Waals surface area contributed by atoms with Crippen molar-refractivity contribution < 1.29 is 0 Å². The van der Waals surface area contributed by atoms with Crippen molar-refractivity contribution in [2.45, 2.75) is 38.4 Å². The molecule has 1 atom stereocenters. The molecule has 2 fully saturated rings. The van der Waals surface area contributed by atoms with E-state index < -0.39 is 0 Å². The summed E-state index contributed by atoms with van der Waals surface area (Å²) < 4.78 is 0. The fraction of sp³-hybridized carbons (Fsp3) is 0.545. The van der Waals surface area contributed by atoms with E-state index in [1.165, 1.54) is 54.9 Å². The van der Waals surface area contributed by atoms with Crippen molar-refractivity contribution in [2.24, 2.45) is 0 Å². The SMILES string of the molecule is CN1CCN(Cc2cc(CN3CCCCC3)cs2)C[C@@H]1c1ccccc1. The third-order valence-corrected chi connectivity index (χ3v) is 6.83. The number of thiophene rings is 1. The normalized spacial score (nSPS) is 23.3. The fourth-order valence-corrected chi connectivity index (χ4v) is 5.22. The molecule has 0 amide bonds. The molecule has 2 aromatic rings. The Balaban J connectivity index is 1.35. The maximum atomic E-state index is 2.63. The third kappa shape index (κ3) is 4.55. The molecule has 0 bridgehead atoms. The molecule has 3 heterocycles. The molecule has 4 heteroatoms. The Bertz CT molecular complexity index is 678. The molecule has 2 aliphatic rings. The minimum atomic E-state index is 0.512. The van der Waals surface area contributed by atoms with Crippen molar-refractivity contribution in [3.8, 4) is 0 Å². The van der Waals surface area contributed by atoms with Gasteiger partial charge in [0, 0.05) is 43.6 Å². The monoisotopic (exact) mass is 369 g/mol. The lowest BCUT2D eigenvalue weighted by Gasteiger charge is -2.39. The van der Waals surface area contributed by atoms with Gasteiger partial charge in [-0.05, 0) is 55.6 Å². The summed E-state index contributed by atoms with van der Waals surface area (Å²) in [5.41, 5.74) is 2.96. The van der Waals surface area contributed by atoms with Crippen molar-refractivity contribution >= 4 is 11.3 Å². The number of hydrogen-bond acceptors (Lipinski definition) is 4. The molecule has 0 unspecified atom stereocenters. The first-order chi connectivity index (χ1) is 12.8. The van der Waals surface area contributed by atoms with Gasteiger partial charge in [0.2, 0.25) is 0 Å². The van der Waals surface area contributed by atoms with Gasteiger partial charge in [-0.1, -0.05) is 36.8 Å². The number of likely N-dealkylation sites (tertiary alicyclic amines) is 1. The maximum absolute atomic E-state index is 2.63. The summed E-state index contributed by atoms with van der Waals surface area (Å²) in [7, 11) is 2.26. The van der Waals surface area contributed by atoms with Crippen LogP contribution in [0.2, 0.25) is 0 Å². The predicted molar refractivity (Wildman–Crippen MR) is 111 cm³/mol. The molecule has 0 spiro atoms. The molecule has 26 heavy (non-hydrogen) atoms. The molecule has 2 saturated heterocycles. The van der Waals surface area contributed by atoms with E-state index in [4.69, 9.17) is 0 Å². The van der Waals surface area contributed by atoms with Gasteiger partial charge < -0.3 is 0 Å². The van der Waals surface area contributed by atoms with Crippen LogP contribution < -0.4 is 0 Å². The van der Waals surface area contributed by atoms with Crippen LogP contribution in [0.3, 0.4) is 0 Å². The van der Waals surface area contributed by atoms with Gasteiger partial charge in [-0.25, -0.2) is 0 Å². The van der Waals surface area contributed by atoms with Crippen LogP contribution in [-0.4, -0.2) is 54.5 Å². The summed E-state index contributed by atoms with van der Waals surface area (Å²) in [6, 6.07) is 13.9. The number of rotatable bonds is 5. The van der Waals surface area contributed by atoms with Gasteiger partial charge in [0.05, 0.1) is 0 Å². The topological polar surface area (TPSA) is 9.72 Å². The predicted octanol–water partition coefficient (Wildman–Crippen LogP) is 4.22. The summed E-state index contributed by atoms with van der Waals surface area (Å²) >= 11 is 1.95.